The smallest absolute Gasteiger partial charge is 0.122 e. The minimum Gasteiger partial charge on any atom is -0.491 e. The summed E-state index contributed by atoms with van der Waals surface area (Å²) in [5.41, 5.74) is 4.34. The normalized spacial score (nSPS) is 13.2. The Kier molecular flexibility index (Phi) is 7.28. The molecule has 3 rings (SSSR count). The molecule has 0 radical (unpaired) electrons. The van der Waals surface area contributed by atoms with E-state index in [0.29, 0.717) is 12.5 Å². The number of nitrogens with zero attached hydrogens (tertiary/aromatic N) is 2. The lowest BCUT2D eigenvalue weighted by Crippen LogP contribution is -2.25. The first-order valence-electron chi connectivity index (χ1n) is 9.32. The van der Waals surface area contributed by atoms with E-state index in [0.717, 1.165) is 34.6 Å². The van der Waals surface area contributed by atoms with Crippen LogP contribution >= 0.6 is 12.4 Å². The van der Waals surface area contributed by atoms with Gasteiger partial charge in [0, 0.05) is 5.92 Å². The zero-order valence-electron chi connectivity index (χ0n) is 16.5. The third kappa shape index (κ3) is 4.82. The second kappa shape index (κ2) is 9.25. The van der Waals surface area contributed by atoms with Crippen molar-refractivity contribution in [2.45, 2.75) is 52.7 Å². The van der Waals surface area contributed by atoms with E-state index in [2.05, 4.69) is 37.5 Å². The van der Waals surface area contributed by atoms with E-state index in [1.807, 2.05) is 37.3 Å². The molecule has 0 aliphatic heterocycles. The molecule has 0 amide bonds. The van der Waals surface area contributed by atoms with Gasteiger partial charge >= 0.3 is 0 Å². The van der Waals surface area contributed by atoms with Crippen molar-refractivity contribution in [3.05, 3.63) is 59.4 Å². The van der Waals surface area contributed by atoms with Crippen LogP contribution in [0.2, 0.25) is 0 Å². The van der Waals surface area contributed by atoms with Crippen molar-refractivity contribution < 1.29 is 9.84 Å². The summed E-state index contributed by atoms with van der Waals surface area (Å²) in [6, 6.07) is 14.2. The van der Waals surface area contributed by atoms with E-state index in [1.54, 1.807) is 0 Å². The number of aliphatic hydroxyl groups is 1. The molecule has 0 saturated heterocycles. The van der Waals surface area contributed by atoms with E-state index in [1.165, 1.54) is 5.56 Å². The summed E-state index contributed by atoms with van der Waals surface area (Å²) in [5, 5.41) is 10.6. The van der Waals surface area contributed by atoms with Crippen LogP contribution in [-0.4, -0.2) is 27.4 Å². The Hall–Kier alpha value is -2.04. The molecule has 1 N–H and O–H groups in total. The van der Waals surface area contributed by atoms with Gasteiger partial charge in [0.1, 0.15) is 24.3 Å². The maximum absolute atomic E-state index is 10.6. The average Bonchev–Trinajstić information content (AvgIpc) is 2.99. The first-order valence-corrected chi connectivity index (χ1v) is 9.32. The SMILES string of the molecule is CCC(C)c1nc2ccccc2n1CC(O)COc1ccc(C)cc1C.Cl. The third-order valence-electron chi connectivity index (χ3n) is 4.89. The monoisotopic (exact) mass is 388 g/mol. The highest BCUT2D eigenvalue weighted by atomic mass is 35.5. The number of hydrogen-bond acceptors (Lipinski definition) is 3. The summed E-state index contributed by atoms with van der Waals surface area (Å²) in [6.45, 7) is 9.16. The summed E-state index contributed by atoms with van der Waals surface area (Å²) in [4.78, 5) is 4.79. The largest absolute Gasteiger partial charge is 0.491 e. The third-order valence-corrected chi connectivity index (χ3v) is 4.89. The maximum Gasteiger partial charge on any atom is 0.122 e. The fourth-order valence-electron chi connectivity index (χ4n) is 3.26. The van der Waals surface area contributed by atoms with Crippen molar-refractivity contribution in [2.24, 2.45) is 0 Å². The fourth-order valence-corrected chi connectivity index (χ4v) is 3.26. The van der Waals surface area contributed by atoms with Crippen molar-refractivity contribution in [2.75, 3.05) is 6.61 Å². The van der Waals surface area contributed by atoms with Gasteiger partial charge in [-0.05, 0) is 44.0 Å². The van der Waals surface area contributed by atoms with Crippen LogP contribution in [0.3, 0.4) is 0 Å². The summed E-state index contributed by atoms with van der Waals surface area (Å²) in [6.07, 6.45) is 0.412. The number of benzene rings is 2. The van der Waals surface area contributed by atoms with Gasteiger partial charge in [-0.25, -0.2) is 4.98 Å². The van der Waals surface area contributed by atoms with Gasteiger partial charge < -0.3 is 14.4 Å². The van der Waals surface area contributed by atoms with Crippen LogP contribution in [0.4, 0.5) is 0 Å². The molecule has 0 fully saturated rings. The van der Waals surface area contributed by atoms with Crippen LogP contribution in [0.5, 0.6) is 5.75 Å². The molecule has 2 atom stereocenters. The molecule has 1 heterocycles. The van der Waals surface area contributed by atoms with E-state index in [9.17, 15) is 5.11 Å². The molecule has 3 aromatic rings. The Bertz CT molecular complexity index is 891. The van der Waals surface area contributed by atoms with Crippen LogP contribution in [0.25, 0.3) is 11.0 Å². The number of rotatable bonds is 7. The molecule has 2 aromatic carbocycles. The zero-order chi connectivity index (χ0) is 18.7. The Balaban J connectivity index is 0.00000261. The fraction of sp³-hybridized carbons (Fsp3) is 0.409. The summed E-state index contributed by atoms with van der Waals surface area (Å²) < 4.78 is 8.00. The Morgan fingerprint density at radius 3 is 2.59 bits per heavy atom. The second-order valence-electron chi connectivity index (χ2n) is 7.11. The van der Waals surface area contributed by atoms with Crippen LogP contribution in [0.15, 0.2) is 42.5 Å². The number of imidazole rings is 1. The highest BCUT2D eigenvalue weighted by Gasteiger charge is 2.18. The summed E-state index contributed by atoms with van der Waals surface area (Å²) in [5.74, 6) is 2.20. The first-order chi connectivity index (χ1) is 12.5. The van der Waals surface area contributed by atoms with E-state index in [4.69, 9.17) is 9.72 Å². The minimum absolute atomic E-state index is 0. The quantitative estimate of drug-likeness (QED) is 0.617. The predicted molar refractivity (Wildman–Crippen MR) is 113 cm³/mol. The lowest BCUT2D eigenvalue weighted by Gasteiger charge is -2.18. The van der Waals surface area contributed by atoms with Gasteiger partial charge in [0.15, 0.2) is 0 Å². The number of aryl methyl sites for hydroxylation is 2. The van der Waals surface area contributed by atoms with Crippen LogP contribution in [0, 0.1) is 13.8 Å². The van der Waals surface area contributed by atoms with Gasteiger partial charge in [-0.3, -0.25) is 0 Å². The predicted octanol–water partition coefficient (Wildman–Crippen LogP) is 5.03. The number of aliphatic hydroxyl groups excluding tert-OH is 1. The molecule has 146 valence electrons. The molecular weight excluding hydrogens is 360 g/mol. The standard InChI is InChI=1S/C22H28N2O2.ClH/c1-5-16(3)22-23-19-8-6-7-9-20(19)24(22)13-18(25)14-26-21-11-10-15(2)12-17(21)4;/h6-12,16,18,25H,5,13-14H2,1-4H3;1H. The number of hydrogen-bond donors (Lipinski definition) is 1. The molecule has 0 spiro atoms. The van der Waals surface area contributed by atoms with Crippen molar-refractivity contribution >= 4 is 23.4 Å². The minimum atomic E-state index is -0.601. The Morgan fingerprint density at radius 1 is 1.15 bits per heavy atom. The number of ether oxygens (including phenoxy) is 1. The molecule has 5 heteroatoms. The van der Waals surface area contributed by atoms with Crippen molar-refractivity contribution in [1.29, 1.82) is 0 Å². The molecular formula is C22H29ClN2O2. The molecule has 0 aliphatic rings. The van der Waals surface area contributed by atoms with E-state index in [-0.39, 0.29) is 19.0 Å². The number of aromatic nitrogens is 2. The molecule has 27 heavy (non-hydrogen) atoms. The Labute approximate surface area is 167 Å². The summed E-state index contributed by atoms with van der Waals surface area (Å²) in [7, 11) is 0. The van der Waals surface area contributed by atoms with Gasteiger partial charge in [-0.2, -0.15) is 0 Å². The second-order valence-corrected chi connectivity index (χ2v) is 7.11. The topological polar surface area (TPSA) is 47.3 Å². The number of halogens is 1. The molecule has 1 aromatic heterocycles. The van der Waals surface area contributed by atoms with Gasteiger partial charge in [-0.15, -0.1) is 12.4 Å². The number of para-hydroxylation sites is 2. The molecule has 4 nitrogen and oxygen atoms in total. The van der Waals surface area contributed by atoms with Crippen LogP contribution in [0.1, 0.15) is 43.1 Å². The van der Waals surface area contributed by atoms with Crippen LogP contribution in [-0.2, 0) is 6.54 Å². The van der Waals surface area contributed by atoms with Crippen molar-refractivity contribution in [3.8, 4) is 5.75 Å². The molecule has 2 unspecified atom stereocenters. The molecule has 0 bridgehead atoms. The van der Waals surface area contributed by atoms with E-state index >= 15 is 0 Å². The average molecular weight is 389 g/mol. The highest BCUT2D eigenvalue weighted by molar-refractivity contribution is 5.85. The highest BCUT2D eigenvalue weighted by Crippen LogP contribution is 2.25. The number of fused-ring (bicyclic) bond motifs is 1. The van der Waals surface area contributed by atoms with Crippen molar-refractivity contribution in [1.82, 2.24) is 9.55 Å². The Morgan fingerprint density at radius 2 is 1.89 bits per heavy atom. The lowest BCUT2D eigenvalue weighted by atomic mass is 10.1. The van der Waals surface area contributed by atoms with Crippen molar-refractivity contribution in [3.63, 3.8) is 0 Å². The molecule has 0 saturated carbocycles. The zero-order valence-corrected chi connectivity index (χ0v) is 17.3. The summed E-state index contributed by atoms with van der Waals surface area (Å²) >= 11 is 0. The van der Waals surface area contributed by atoms with Gasteiger partial charge in [0.05, 0.1) is 17.6 Å². The van der Waals surface area contributed by atoms with E-state index < -0.39 is 6.10 Å². The van der Waals surface area contributed by atoms with Crippen LogP contribution < -0.4 is 4.74 Å². The lowest BCUT2D eigenvalue weighted by molar-refractivity contribution is 0.0921. The van der Waals surface area contributed by atoms with Gasteiger partial charge in [0.25, 0.3) is 0 Å². The first kappa shape index (κ1) is 21.3. The maximum atomic E-state index is 10.6. The van der Waals surface area contributed by atoms with Gasteiger partial charge in [-0.1, -0.05) is 43.7 Å². The van der Waals surface area contributed by atoms with Gasteiger partial charge in [0.2, 0.25) is 0 Å². The molecule has 0 aliphatic carbocycles.